The second-order valence-electron chi connectivity index (χ2n) is 7.03. The Balaban J connectivity index is 0.000000313. The number of fused-ring (bicyclic) bond motifs is 1. The molecule has 0 bridgehead atoms. The number of hydrogen-bond donors (Lipinski definition) is 3. The fourth-order valence-electron chi connectivity index (χ4n) is 2.92. The number of carboxylic acids is 1. The molecule has 8 nitrogen and oxygen atoms in total. The predicted octanol–water partition coefficient (Wildman–Crippen LogP) is 3.47. The van der Waals surface area contributed by atoms with Crippen molar-refractivity contribution in [2.24, 2.45) is 5.92 Å². The van der Waals surface area contributed by atoms with Crippen molar-refractivity contribution in [3.05, 3.63) is 72.4 Å². The maximum Gasteiger partial charge on any atom is 0.306 e. The highest BCUT2D eigenvalue weighted by atomic mass is 16.4. The number of nitrogens with zero attached hydrogens (tertiary/aromatic N) is 4. The summed E-state index contributed by atoms with van der Waals surface area (Å²) in [6.45, 7) is 0.720. The second kappa shape index (κ2) is 8.60. The van der Waals surface area contributed by atoms with E-state index in [0.29, 0.717) is 0 Å². The molecule has 1 fully saturated rings. The van der Waals surface area contributed by atoms with Crippen molar-refractivity contribution >= 4 is 23.4 Å². The Kier molecular flexibility index (Phi) is 5.56. The van der Waals surface area contributed by atoms with Crippen LogP contribution in [0, 0.1) is 5.92 Å². The maximum absolute atomic E-state index is 9.76. The number of aliphatic carboxylic acids is 1. The molecular weight excluding hydrogens is 380 g/mol. The zero-order valence-corrected chi connectivity index (χ0v) is 16.3. The third kappa shape index (κ3) is 4.72. The molecule has 1 aliphatic rings. The number of nitrogens with one attached hydrogen (secondary N) is 1. The number of carbonyl (C=O) groups is 1. The van der Waals surface area contributed by atoms with Crippen LogP contribution in [-0.2, 0) is 11.3 Å². The number of anilines is 2. The minimum atomic E-state index is -0.630. The molecule has 30 heavy (non-hydrogen) atoms. The Labute approximate surface area is 173 Å². The number of hydrogen-bond acceptors (Lipinski definition) is 6. The van der Waals surface area contributed by atoms with E-state index in [-0.39, 0.29) is 11.9 Å². The van der Waals surface area contributed by atoms with Gasteiger partial charge in [-0.1, -0.05) is 36.4 Å². The molecule has 4 aromatic rings. The van der Waals surface area contributed by atoms with Gasteiger partial charge in [-0.25, -0.2) is 9.50 Å². The SMILES string of the molecule is Nc1nc2cccc(-c3ccc(CNc4ccccn4)cc3)n2n1.O=C(O)C1CC1. The number of rotatable bonds is 5. The van der Waals surface area contributed by atoms with E-state index in [1.54, 1.807) is 10.7 Å². The van der Waals surface area contributed by atoms with Crippen LogP contribution in [-0.4, -0.2) is 30.7 Å². The molecule has 1 aromatic carbocycles. The molecule has 0 saturated heterocycles. The second-order valence-corrected chi connectivity index (χ2v) is 7.03. The van der Waals surface area contributed by atoms with Crippen molar-refractivity contribution < 1.29 is 9.90 Å². The summed E-state index contributed by atoms with van der Waals surface area (Å²) in [6, 6.07) is 20.0. The monoisotopic (exact) mass is 402 g/mol. The molecule has 5 rings (SSSR count). The number of aromatic nitrogens is 4. The van der Waals surface area contributed by atoms with Crippen molar-refractivity contribution in [3.8, 4) is 11.3 Å². The van der Waals surface area contributed by atoms with E-state index in [1.807, 2.05) is 36.4 Å². The van der Waals surface area contributed by atoms with Gasteiger partial charge in [0.25, 0.3) is 0 Å². The largest absolute Gasteiger partial charge is 0.481 e. The van der Waals surface area contributed by atoms with Crippen molar-refractivity contribution in [2.45, 2.75) is 19.4 Å². The normalized spacial score (nSPS) is 12.8. The van der Waals surface area contributed by atoms with E-state index < -0.39 is 5.97 Å². The maximum atomic E-state index is 9.76. The van der Waals surface area contributed by atoms with E-state index in [4.69, 9.17) is 10.8 Å². The minimum absolute atomic E-state index is 0.0185. The highest BCUT2D eigenvalue weighted by Crippen LogP contribution is 2.28. The fraction of sp³-hybridized carbons (Fsp3) is 0.182. The lowest BCUT2D eigenvalue weighted by Gasteiger charge is -2.07. The summed E-state index contributed by atoms with van der Waals surface area (Å²) in [7, 11) is 0. The topological polar surface area (TPSA) is 118 Å². The first-order valence-electron chi connectivity index (χ1n) is 9.68. The third-order valence-electron chi connectivity index (χ3n) is 4.69. The number of nitrogens with two attached hydrogens (primary N) is 1. The van der Waals surface area contributed by atoms with Crippen LogP contribution in [0.5, 0.6) is 0 Å². The van der Waals surface area contributed by atoms with Crippen LogP contribution in [0.4, 0.5) is 11.8 Å². The molecule has 1 aliphatic carbocycles. The Hall–Kier alpha value is -3.94. The van der Waals surface area contributed by atoms with Crippen LogP contribution in [0.1, 0.15) is 18.4 Å². The third-order valence-corrected chi connectivity index (χ3v) is 4.69. The van der Waals surface area contributed by atoms with Crippen LogP contribution in [0.25, 0.3) is 16.9 Å². The number of benzene rings is 1. The zero-order valence-electron chi connectivity index (χ0n) is 16.3. The first-order valence-corrected chi connectivity index (χ1v) is 9.68. The van der Waals surface area contributed by atoms with E-state index in [2.05, 4.69) is 44.6 Å². The van der Waals surface area contributed by atoms with Gasteiger partial charge in [-0.3, -0.25) is 4.79 Å². The lowest BCUT2D eigenvalue weighted by Crippen LogP contribution is -2.01. The summed E-state index contributed by atoms with van der Waals surface area (Å²) in [6.07, 6.45) is 3.57. The molecule has 8 heteroatoms. The first-order chi connectivity index (χ1) is 14.6. The highest BCUT2D eigenvalue weighted by molar-refractivity contribution is 5.72. The van der Waals surface area contributed by atoms with Gasteiger partial charge in [0.2, 0.25) is 5.95 Å². The first kappa shape index (κ1) is 19.4. The van der Waals surface area contributed by atoms with Gasteiger partial charge in [-0.2, -0.15) is 4.98 Å². The number of nitrogen functional groups attached to an aromatic ring is 1. The van der Waals surface area contributed by atoms with Gasteiger partial charge in [-0.05, 0) is 42.7 Å². The standard InChI is InChI=1S/C18H16N6.C4H6O2/c19-18-22-17-6-3-4-15(24(17)23-18)14-9-7-13(8-10-14)12-21-16-5-1-2-11-20-16;5-4(6)3-1-2-3/h1-11H,12H2,(H2,19,23)(H,20,21);3H,1-2H2,(H,5,6). The zero-order chi connectivity index (χ0) is 20.9. The summed E-state index contributed by atoms with van der Waals surface area (Å²) < 4.78 is 1.76. The number of pyridine rings is 2. The van der Waals surface area contributed by atoms with E-state index >= 15 is 0 Å². The van der Waals surface area contributed by atoms with Gasteiger partial charge in [0.1, 0.15) is 5.82 Å². The van der Waals surface area contributed by atoms with Gasteiger partial charge in [0, 0.05) is 18.3 Å². The lowest BCUT2D eigenvalue weighted by molar-refractivity contribution is -0.138. The van der Waals surface area contributed by atoms with E-state index in [9.17, 15) is 4.79 Å². The average Bonchev–Trinajstić information content (AvgIpc) is 3.55. The Morgan fingerprint density at radius 1 is 1.10 bits per heavy atom. The van der Waals surface area contributed by atoms with Crippen molar-refractivity contribution in [3.63, 3.8) is 0 Å². The summed E-state index contributed by atoms with van der Waals surface area (Å²) in [5.74, 6) is 0.531. The molecule has 3 heterocycles. The molecule has 0 atom stereocenters. The summed E-state index contributed by atoms with van der Waals surface area (Å²) in [5, 5.41) is 15.6. The van der Waals surface area contributed by atoms with Crippen LogP contribution in [0.3, 0.4) is 0 Å². The van der Waals surface area contributed by atoms with E-state index in [0.717, 1.165) is 42.1 Å². The van der Waals surface area contributed by atoms with Crippen molar-refractivity contribution in [1.82, 2.24) is 19.6 Å². The van der Waals surface area contributed by atoms with Crippen LogP contribution < -0.4 is 11.1 Å². The number of carboxylic acid groups (broad SMARTS) is 1. The van der Waals surface area contributed by atoms with Gasteiger partial charge in [0.15, 0.2) is 5.65 Å². The van der Waals surface area contributed by atoms with Gasteiger partial charge in [-0.15, -0.1) is 5.10 Å². The molecule has 0 amide bonds. The quantitative estimate of drug-likeness (QED) is 0.468. The Morgan fingerprint density at radius 3 is 2.53 bits per heavy atom. The lowest BCUT2D eigenvalue weighted by atomic mass is 10.1. The summed E-state index contributed by atoms with van der Waals surface area (Å²) in [5.41, 5.74) is 9.64. The molecule has 1 saturated carbocycles. The molecule has 0 spiro atoms. The minimum Gasteiger partial charge on any atom is -0.481 e. The van der Waals surface area contributed by atoms with Gasteiger partial charge < -0.3 is 16.2 Å². The van der Waals surface area contributed by atoms with Crippen LogP contribution in [0.15, 0.2) is 66.9 Å². The van der Waals surface area contributed by atoms with Crippen molar-refractivity contribution in [2.75, 3.05) is 11.1 Å². The fourth-order valence-corrected chi connectivity index (χ4v) is 2.92. The molecular formula is C22H22N6O2. The highest BCUT2D eigenvalue weighted by Gasteiger charge is 2.28. The molecule has 0 aliphatic heterocycles. The molecule has 0 unspecified atom stereocenters. The van der Waals surface area contributed by atoms with Gasteiger partial charge in [0.05, 0.1) is 11.6 Å². The van der Waals surface area contributed by atoms with Crippen LogP contribution in [0.2, 0.25) is 0 Å². The van der Waals surface area contributed by atoms with Crippen molar-refractivity contribution in [1.29, 1.82) is 0 Å². The van der Waals surface area contributed by atoms with Gasteiger partial charge >= 0.3 is 5.97 Å². The summed E-state index contributed by atoms with van der Waals surface area (Å²) >= 11 is 0. The van der Waals surface area contributed by atoms with E-state index in [1.165, 1.54) is 5.56 Å². The average molecular weight is 402 g/mol. The smallest absolute Gasteiger partial charge is 0.306 e. The molecule has 4 N–H and O–H groups in total. The summed E-state index contributed by atoms with van der Waals surface area (Å²) in [4.78, 5) is 18.2. The molecule has 3 aromatic heterocycles. The molecule has 0 radical (unpaired) electrons. The molecule has 152 valence electrons. The van der Waals surface area contributed by atoms with Crippen LogP contribution >= 0.6 is 0 Å². The Morgan fingerprint density at radius 2 is 1.90 bits per heavy atom. The predicted molar refractivity (Wildman–Crippen MR) is 115 cm³/mol. The Bertz CT molecular complexity index is 1140.